The Morgan fingerprint density at radius 1 is 1.12 bits per heavy atom. The maximum Gasteiger partial charge on any atom is 0.106 e. The van der Waals surface area contributed by atoms with Gasteiger partial charge in [-0.15, -0.1) is 0 Å². The molecule has 2 unspecified atom stereocenters. The number of nitrogens with two attached hydrogens (primary N) is 1. The molecule has 0 aliphatic heterocycles. The lowest BCUT2D eigenvalue weighted by Gasteiger charge is -2.33. The Balaban J connectivity index is 0.00000163. The Morgan fingerprint density at radius 2 is 1.69 bits per heavy atom. The molecule has 2 atom stereocenters. The van der Waals surface area contributed by atoms with Crippen molar-refractivity contribution in [1.82, 2.24) is 5.01 Å². The average molecular weight is 375 g/mol. The Kier molecular flexibility index (Phi) is 9.60. The molecule has 0 aromatic heterocycles. The number of hydrogen-bond acceptors (Lipinski definition) is 3. The molecule has 0 amide bonds. The number of nitrogens with one attached hydrogen (secondary N) is 1. The summed E-state index contributed by atoms with van der Waals surface area (Å²) in [6.45, 7) is 8.23. The molecule has 3 N–H and O–H groups in total. The molecular weight excluding hydrogens is 344 g/mol. The fourth-order valence-corrected chi connectivity index (χ4v) is 2.93. The minimum atomic E-state index is 0.0590. The number of hydrogen-bond donors (Lipinski definition) is 2. The molecule has 0 saturated heterocycles. The number of likely N-dealkylation sites (N-methyl/N-ethyl adjacent to an activating group) is 1. The number of aryl methyl sites for hydroxylation is 1. The quantitative estimate of drug-likeness (QED) is 0.385. The van der Waals surface area contributed by atoms with Crippen LogP contribution < -0.4 is 11.1 Å². The zero-order valence-corrected chi connectivity index (χ0v) is 17.2. The first kappa shape index (κ1) is 21.8. The Labute approximate surface area is 163 Å². The second-order valence-corrected chi connectivity index (χ2v) is 6.29. The van der Waals surface area contributed by atoms with Gasteiger partial charge < -0.3 is 11.1 Å². The van der Waals surface area contributed by atoms with Crippen molar-refractivity contribution in [2.24, 2.45) is 10.8 Å². The lowest BCUT2D eigenvalue weighted by molar-refractivity contribution is 0.222. The van der Waals surface area contributed by atoms with Gasteiger partial charge >= 0.3 is 0 Å². The Bertz CT molecular complexity index is 653. The molecule has 0 aliphatic carbocycles. The molecule has 0 bridgehead atoms. The number of hydrazone groups is 1. The zero-order chi connectivity index (χ0) is 19.5. The van der Waals surface area contributed by atoms with E-state index in [1.807, 2.05) is 38.0 Å². The van der Waals surface area contributed by atoms with Crippen LogP contribution in [-0.4, -0.2) is 24.4 Å². The van der Waals surface area contributed by atoms with Gasteiger partial charge in [-0.25, -0.2) is 0 Å². The third-order valence-electron chi connectivity index (χ3n) is 4.13. The van der Waals surface area contributed by atoms with Crippen LogP contribution in [0.4, 0.5) is 5.69 Å². The first-order chi connectivity index (χ1) is 12.5. The fourth-order valence-electron chi connectivity index (χ4n) is 2.81. The molecule has 0 spiro atoms. The molecule has 26 heavy (non-hydrogen) atoms. The van der Waals surface area contributed by atoms with Crippen molar-refractivity contribution in [2.75, 3.05) is 12.4 Å². The van der Waals surface area contributed by atoms with Crippen molar-refractivity contribution >= 4 is 23.6 Å². The highest BCUT2D eigenvalue weighted by Gasteiger charge is 2.25. The van der Waals surface area contributed by atoms with Gasteiger partial charge in [-0.2, -0.15) is 5.10 Å². The summed E-state index contributed by atoms with van der Waals surface area (Å²) < 4.78 is 0. The molecule has 2 aromatic rings. The first-order valence-electron chi connectivity index (χ1n) is 9.10. The highest BCUT2D eigenvalue weighted by molar-refractivity contribution is 6.30. The van der Waals surface area contributed by atoms with E-state index in [9.17, 15) is 0 Å². The smallest absolute Gasteiger partial charge is 0.106 e. The van der Waals surface area contributed by atoms with Gasteiger partial charge in [-0.1, -0.05) is 62.2 Å². The highest BCUT2D eigenvalue weighted by Crippen LogP contribution is 2.28. The van der Waals surface area contributed by atoms with Crippen LogP contribution in [0.5, 0.6) is 0 Å². The van der Waals surface area contributed by atoms with E-state index < -0.39 is 0 Å². The minimum Gasteiger partial charge on any atom is -0.388 e. The zero-order valence-electron chi connectivity index (χ0n) is 16.4. The minimum absolute atomic E-state index is 0.0590. The predicted octanol–water partition coefficient (Wildman–Crippen LogP) is 5.44. The summed E-state index contributed by atoms with van der Waals surface area (Å²) in [6.07, 6.45) is 2.24. The average Bonchev–Trinajstić information content (AvgIpc) is 2.66. The van der Waals surface area contributed by atoms with Gasteiger partial charge in [0.05, 0.1) is 12.1 Å². The van der Waals surface area contributed by atoms with Crippen LogP contribution in [-0.2, 0) is 0 Å². The van der Waals surface area contributed by atoms with Crippen molar-refractivity contribution in [3.05, 3.63) is 64.7 Å². The molecule has 0 fully saturated rings. The molecule has 2 rings (SSSR count). The van der Waals surface area contributed by atoms with Gasteiger partial charge in [-0.05, 0) is 43.2 Å². The Morgan fingerprint density at radius 3 is 2.19 bits per heavy atom. The SMILES string of the molecule is CC.CCC(C(Nc1ccc(C)cc1)c1ccc(Cl)cc1)N(C)/N=C\N. The summed E-state index contributed by atoms with van der Waals surface area (Å²) in [5.74, 6) is 0. The van der Waals surface area contributed by atoms with Crippen molar-refractivity contribution in [3.8, 4) is 0 Å². The van der Waals surface area contributed by atoms with Crippen molar-refractivity contribution in [3.63, 3.8) is 0 Å². The molecule has 0 radical (unpaired) electrons. The van der Waals surface area contributed by atoms with Crippen LogP contribution in [0, 0.1) is 6.92 Å². The van der Waals surface area contributed by atoms with Crippen LogP contribution in [0.3, 0.4) is 0 Å². The maximum absolute atomic E-state index is 6.05. The first-order valence-corrected chi connectivity index (χ1v) is 9.48. The molecule has 2 aromatic carbocycles. The molecular formula is C21H31ClN4. The molecule has 4 nitrogen and oxygen atoms in total. The second-order valence-electron chi connectivity index (χ2n) is 5.85. The van der Waals surface area contributed by atoms with E-state index in [-0.39, 0.29) is 12.1 Å². The van der Waals surface area contributed by atoms with Crippen molar-refractivity contribution in [1.29, 1.82) is 0 Å². The normalized spacial score (nSPS) is 12.8. The van der Waals surface area contributed by atoms with Gasteiger partial charge in [0.1, 0.15) is 6.34 Å². The van der Waals surface area contributed by atoms with E-state index in [1.165, 1.54) is 11.9 Å². The van der Waals surface area contributed by atoms with Crippen molar-refractivity contribution < 1.29 is 0 Å². The third-order valence-corrected chi connectivity index (χ3v) is 4.39. The summed E-state index contributed by atoms with van der Waals surface area (Å²) in [5.41, 5.74) is 8.95. The fraction of sp³-hybridized carbons (Fsp3) is 0.381. The maximum atomic E-state index is 6.05. The van der Waals surface area contributed by atoms with Gasteiger partial charge in [0.2, 0.25) is 0 Å². The van der Waals surface area contributed by atoms with Crippen LogP contribution in [0.1, 0.15) is 44.4 Å². The van der Waals surface area contributed by atoms with E-state index in [0.29, 0.717) is 0 Å². The summed E-state index contributed by atoms with van der Waals surface area (Å²) in [4.78, 5) is 0. The molecule has 0 aliphatic rings. The van der Waals surface area contributed by atoms with E-state index >= 15 is 0 Å². The van der Waals surface area contributed by atoms with Gasteiger partial charge in [0.15, 0.2) is 0 Å². The summed E-state index contributed by atoms with van der Waals surface area (Å²) in [5, 5.41) is 10.5. The lowest BCUT2D eigenvalue weighted by Crippen LogP contribution is -2.37. The van der Waals surface area contributed by atoms with Crippen molar-refractivity contribution in [2.45, 2.75) is 46.2 Å². The predicted molar refractivity (Wildman–Crippen MR) is 115 cm³/mol. The topological polar surface area (TPSA) is 53.6 Å². The Hall–Kier alpha value is -2.20. The lowest BCUT2D eigenvalue weighted by atomic mass is 9.96. The molecule has 0 heterocycles. The van der Waals surface area contributed by atoms with Gasteiger partial charge in [-0.3, -0.25) is 5.01 Å². The monoisotopic (exact) mass is 374 g/mol. The summed E-state index contributed by atoms with van der Waals surface area (Å²) in [6, 6.07) is 16.5. The van der Waals surface area contributed by atoms with Gasteiger partial charge in [0, 0.05) is 17.8 Å². The second kappa shape index (κ2) is 11.4. The van der Waals surface area contributed by atoms with Crippen LogP contribution in [0.2, 0.25) is 5.02 Å². The van der Waals surface area contributed by atoms with Crippen LogP contribution in [0.25, 0.3) is 0 Å². The number of benzene rings is 2. The van der Waals surface area contributed by atoms with E-state index in [4.69, 9.17) is 17.3 Å². The summed E-state index contributed by atoms with van der Waals surface area (Å²) >= 11 is 6.05. The third kappa shape index (κ3) is 6.26. The standard InChI is InChI=1S/C19H25ClN4.C2H6/c1-4-18(24(3)22-13-21)19(15-7-9-16(20)10-8-15)23-17-11-5-14(2)6-12-17;1-2/h5-13,18-19,23H,4H2,1-3H3,(H2,21,22);1-2H3. The number of halogens is 1. The number of nitrogens with zero attached hydrogens (tertiary/aromatic N) is 2. The van der Waals surface area contributed by atoms with E-state index in [0.717, 1.165) is 22.7 Å². The molecule has 5 heteroatoms. The highest BCUT2D eigenvalue weighted by atomic mass is 35.5. The molecule has 0 saturated carbocycles. The number of rotatable bonds is 7. The van der Waals surface area contributed by atoms with E-state index in [2.05, 4.69) is 60.7 Å². The largest absolute Gasteiger partial charge is 0.388 e. The van der Waals surface area contributed by atoms with Crippen LogP contribution >= 0.6 is 11.6 Å². The number of anilines is 1. The van der Waals surface area contributed by atoms with Crippen LogP contribution in [0.15, 0.2) is 53.6 Å². The summed E-state index contributed by atoms with van der Waals surface area (Å²) in [7, 11) is 1.94. The van der Waals surface area contributed by atoms with Gasteiger partial charge in [0.25, 0.3) is 0 Å². The van der Waals surface area contributed by atoms with E-state index in [1.54, 1.807) is 0 Å². The molecule has 142 valence electrons.